The summed E-state index contributed by atoms with van der Waals surface area (Å²) in [6, 6.07) is 0. The third-order valence-corrected chi connectivity index (χ3v) is 6.13. The molecule has 3 atom stereocenters. The van der Waals surface area contributed by atoms with Crippen molar-refractivity contribution in [2.45, 2.75) is 38.5 Å². The van der Waals surface area contributed by atoms with E-state index in [9.17, 15) is 19.2 Å². The molecule has 1 heterocycles. The third kappa shape index (κ3) is 9.64. The van der Waals surface area contributed by atoms with Gasteiger partial charge in [-0.25, -0.2) is 9.59 Å². The molecule has 12 heteroatoms. The molecule has 1 N–H and O–H groups in total. The van der Waals surface area contributed by atoms with E-state index in [4.69, 9.17) is 23.7 Å². The minimum Gasteiger partial charge on any atom is -0.449 e. The Hall–Kier alpha value is -2.88. The summed E-state index contributed by atoms with van der Waals surface area (Å²) in [4.78, 5) is 50.4. The van der Waals surface area contributed by atoms with Crippen LogP contribution < -0.4 is 5.32 Å². The highest BCUT2D eigenvalue weighted by Gasteiger charge is 2.49. The van der Waals surface area contributed by atoms with Gasteiger partial charge in [-0.05, 0) is 30.6 Å². The summed E-state index contributed by atoms with van der Waals surface area (Å²) in [6.07, 6.45) is 2.57. The number of hydrogen-bond donors (Lipinski definition) is 1. The Kier molecular flexibility index (Phi) is 11.8. The summed E-state index contributed by atoms with van der Waals surface area (Å²) >= 11 is 0. The van der Waals surface area contributed by atoms with Crippen LogP contribution in [0.25, 0.3) is 0 Å². The fourth-order valence-electron chi connectivity index (χ4n) is 4.22. The van der Waals surface area contributed by atoms with Crippen LogP contribution in [0.5, 0.6) is 0 Å². The van der Waals surface area contributed by atoms with E-state index in [1.165, 1.54) is 0 Å². The molecule has 0 radical (unpaired) electrons. The minimum absolute atomic E-state index is 0.0176. The Bertz CT molecular complexity index is 789. The maximum Gasteiger partial charge on any atom is 0.534 e. The zero-order valence-electron chi connectivity index (χ0n) is 20.4. The molecule has 3 amide bonds. The molecule has 2 aliphatic carbocycles. The molecule has 1 saturated carbocycles. The number of fused-ring (bicyclic) bond motifs is 1. The molecule has 0 bridgehead atoms. The van der Waals surface area contributed by atoms with Gasteiger partial charge in [-0.2, -0.15) is 0 Å². The lowest BCUT2D eigenvalue weighted by atomic mass is 10.1. The highest BCUT2D eigenvalue weighted by atomic mass is 16.8. The largest absolute Gasteiger partial charge is 0.534 e. The van der Waals surface area contributed by atoms with Gasteiger partial charge in [0.1, 0.15) is 6.61 Å². The molecule has 3 rings (SSSR count). The van der Waals surface area contributed by atoms with Crippen molar-refractivity contribution in [2.75, 3.05) is 59.4 Å². The molecule has 0 spiro atoms. The number of alkyl carbamates (subject to hydrolysis) is 1. The number of carbonyl (C=O) groups excluding carboxylic acids is 4. The van der Waals surface area contributed by atoms with Gasteiger partial charge in [0.25, 0.3) is 11.8 Å². The second kappa shape index (κ2) is 15.3. The molecule has 36 heavy (non-hydrogen) atoms. The third-order valence-electron chi connectivity index (χ3n) is 6.13. The first-order valence-electron chi connectivity index (χ1n) is 12.4. The van der Waals surface area contributed by atoms with E-state index >= 15 is 0 Å². The topological polar surface area (TPSA) is 139 Å². The lowest BCUT2D eigenvalue weighted by Crippen LogP contribution is -2.32. The molecular formula is C24H34N2O10. The van der Waals surface area contributed by atoms with Crippen LogP contribution in [0.15, 0.2) is 0 Å². The predicted octanol–water partition coefficient (Wildman–Crippen LogP) is 1.42. The normalized spacial score (nSPS) is 22.6. The molecule has 0 aromatic carbocycles. The molecule has 12 nitrogen and oxygen atoms in total. The summed E-state index contributed by atoms with van der Waals surface area (Å²) < 4.78 is 26.1. The minimum atomic E-state index is -1.14. The number of hydrogen-bond acceptors (Lipinski definition) is 10. The SMILES string of the molecule is O=C(NCCOCCOCCOCCOC(=O)ON1C(=O)CCC1=O)OCC1[C@H]2CCC#CCC[C@@H]12. The lowest BCUT2D eigenvalue weighted by molar-refractivity contribution is -0.177. The Morgan fingerprint density at radius 3 is 1.97 bits per heavy atom. The van der Waals surface area contributed by atoms with Gasteiger partial charge in [0.15, 0.2) is 0 Å². The van der Waals surface area contributed by atoms with Crippen molar-refractivity contribution in [1.82, 2.24) is 10.4 Å². The van der Waals surface area contributed by atoms with Crippen LogP contribution in [0.3, 0.4) is 0 Å². The van der Waals surface area contributed by atoms with Gasteiger partial charge in [0.05, 0.1) is 46.2 Å². The highest BCUT2D eigenvalue weighted by molar-refractivity contribution is 6.01. The number of amides is 3. The monoisotopic (exact) mass is 510 g/mol. The van der Waals surface area contributed by atoms with Gasteiger partial charge in [-0.1, -0.05) is 5.06 Å². The summed E-state index contributed by atoms with van der Waals surface area (Å²) in [7, 11) is 0. The zero-order valence-corrected chi connectivity index (χ0v) is 20.4. The fraction of sp³-hybridized carbons (Fsp3) is 0.750. The summed E-state index contributed by atoms with van der Waals surface area (Å²) in [5.74, 6) is 6.98. The number of hydroxylamine groups is 2. The average molecular weight is 511 g/mol. The predicted molar refractivity (Wildman–Crippen MR) is 122 cm³/mol. The number of rotatable bonds is 15. The molecular weight excluding hydrogens is 476 g/mol. The van der Waals surface area contributed by atoms with E-state index in [1.54, 1.807) is 0 Å². The fourth-order valence-corrected chi connectivity index (χ4v) is 4.22. The Morgan fingerprint density at radius 2 is 1.36 bits per heavy atom. The quantitative estimate of drug-likeness (QED) is 0.149. The van der Waals surface area contributed by atoms with Crippen LogP contribution in [0.4, 0.5) is 9.59 Å². The number of nitrogens with zero attached hydrogens (tertiary/aromatic N) is 1. The van der Waals surface area contributed by atoms with Gasteiger partial charge in [-0.15, -0.1) is 11.8 Å². The van der Waals surface area contributed by atoms with E-state index in [1.807, 2.05) is 0 Å². The van der Waals surface area contributed by atoms with E-state index in [2.05, 4.69) is 22.0 Å². The Morgan fingerprint density at radius 1 is 0.806 bits per heavy atom. The average Bonchev–Trinajstić information content (AvgIpc) is 3.39. The van der Waals surface area contributed by atoms with Crippen molar-refractivity contribution in [3.8, 4) is 11.8 Å². The Labute approximate surface area is 210 Å². The molecule has 1 aliphatic heterocycles. The van der Waals surface area contributed by atoms with E-state index < -0.39 is 24.1 Å². The van der Waals surface area contributed by atoms with Crippen molar-refractivity contribution in [1.29, 1.82) is 0 Å². The number of imide groups is 1. The number of ether oxygens (including phenoxy) is 5. The maximum atomic E-state index is 11.8. The van der Waals surface area contributed by atoms with Crippen molar-refractivity contribution >= 4 is 24.1 Å². The first kappa shape index (κ1) is 27.7. The van der Waals surface area contributed by atoms with Crippen molar-refractivity contribution in [2.24, 2.45) is 17.8 Å². The maximum absolute atomic E-state index is 11.8. The van der Waals surface area contributed by atoms with Gasteiger partial charge < -0.3 is 29.0 Å². The molecule has 1 unspecified atom stereocenters. The van der Waals surface area contributed by atoms with Gasteiger partial charge in [0, 0.05) is 32.2 Å². The van der Waals surface area contributed by atoms with Crippen LogP contribution >= 0.6 is 0 Å². The molecule has 3 aliphatic rings. The van der Waals surface area contributed by atoms with Gasteiger partial charge >= 0.3 is 12.2 Å². The van der Waals surface area contributed by atoms with Crippen LogP contribution in [0.2, 0.25) is 0 Å². The molecule has 200 valence electrons. The van der Waals surface area contributed by atoms with Crippen molar-refractivity contribution < 1.29 is 47.7 Å². The van der Waals surface area contributed by atoms with Crippen LogP contribution in [-0.2, 0) is 38.1 Å². The van der Waals surface area contributed by atoms with Crippen molar-refractivity contribution in [3.63, 3.8) is 0 Å². The molecule has 0 aromatic heterocycles. The van der Waals surface area contributed by atoms with Gasteiger partial charge in [0.2, 0.25) is 0 Å². The lowest BCUT2D eigenvalue weighted by Gasteiger charge is -2.12. The number of nitrogens with one attached hydrogen (secondary N) is 1. The van der Waals surface area contributed by atoms with Gasteiger partial charge in [-0.3, -0.25) is 14.4 Å². The molecule has 1 saturated heterocycles. The standard InChI is InChI=1S/C24H34N2O10/c27-21-7-8-22(28)26(21)36-24(30)34-16-15-33-14-13-32-12-11-31-10-9-25-23(29)35-17-20-18-5-3-1-2-4-6-19(18)20/h18-20H,3-17H2,(H,25,29)/t18-,19+,20?. The molecule has 2 fully saturated rings. The first-order chi connectivity index (χ1) is 17.6. The van der Waals surface area contributed by atoms with Crippen LogP contribution in [0, 0.1) is 29.6 Å². The molecule has 0 aromatic rings. The highest BCUT2D eigenvalue weighted by Crippen LogP contribution is 2.52. The van der Waals surface area contributed by atoms with Crippen LogP contribution in [0.1, 0.15) is 38.5 Å². The number of carbonyl (C=O) groups is 4. The summed E-state index contributed by atoms with van der Waals surface area (Å²) in [6.45, 7) is 2.53. The summed E-state index contributed by atoms with van der Waals surface area (Å²) in [5.41, 5.74) is 0. The smallest absolute Gasteiger partial charge is 0.449 e. The second-order valence-corrected chi connectivity index (χ2v) is 8.56. The first-order valence-corrected chi connectivity index (χ1v) is 12.4. The summed E-state index contributed by atoms with van der Waals surface area (Å²) in [5, 5.41) is 3.10. The van der Waals surface area contributed by atoms with E-state index in [0.717, 1.165) is 25.7 Å². The Balaban J connectivity index is 1.04. The second-order valence-electron chi connectivity index (χ2n) is 8.56. The zero-order chi connectivity index (χ0) is 25.6. The van der Waals surface area contributed by atoms with Crippen LogP contribution in [-0.4, -0.2) is 88.5 Å². The van der Waals surface area contributed by atoms with Crippen molar-refractivity contribution in [3.05, 3.63) is 0 Å². The van der Waals surface area contributed by atoms with E-state index in [0.29, 0.717) is 62.4 Å². The van der Waals surface area contributed by atoms with E-state index in [-0.39, 0.29) is 32.7 Å².